The molecule has 0 aliphatic heterocycles. The van der Waals surface area contributed by atoms with Gasteiger partial charge in [0, 0.05) is 36.0 Å². The van der Waals surface area contributed by atoms with Crippen LogP contribution in [0.5, 0.6) is 0 Å². The predicted molar refractivity (Wildman–Crippen MR) is 137 cm³/mol. The minimum absolute atomic E-state index is 0.192. The molecule has 5 nitrogen and oxygen atoms in total. The molecule has 6 rings (SSSR count). The normalized spacial score (nSPS) is 12.8. The van der Waals surface area contributed by atoms with E-state index in [2.05, 4.69) is 11.8 Å². The number of fused-ring (bicyclic) bond motifs is 3. The number of carbonyl (C=O) groups excluding carboxylic acids is 2. The standard InChI is InChI=1S/C30H21N3O2/c1-3-33-22(18-26-30(33)31-27(32(26)2)14-13-19-9-5-4-6-10-19)17-25-28(34)23-15-20-11-7-8-12-21(20)16-24(23)29(25)35/h4-12,15-18H,3H2,1-2H3. The molecule has 1 aliphatic carbocycles. The van der Waals surface area contributed by atoms with Gasteiger partial charge in [-0.3, -0.25) is 9.59 Å². The molecule has 0 bridgehead atoms. The lowest BCUT2D eigenvalue weighted by Gasteiger charge is -2.03. The molecule has 0 fully saturated rings. The van der Waals surface area contributed by atoms with Crippen LogP contribution in [0.3, 0.4) is 0 Å². The Labute approximate surface area is 202 Å². The number of nitrogens with zero attached hydrogens (tertiary/aromatic N) is 3. The van der Waals surface area contributed by atoms with Crippen LogP contribution in [0.4, 0.5) is 0 Å². The average Bonchev–Trinajstić information content (AvgIpc) is 3.46. The van der Waals surface area contributed by atoms with Gasteiger partial charge < -0.3 is 9.13 Å². The van der Waals surface area contributed by atoms with Crippen molar-refractivity contribution >= 4 is 39.6 Å². The van der Waals surface area contributed by atoms with Gasteiger partial charge in [0.2, 0.25) is 0 Å². The van der Waals surface area contributed by atoms with Crippen molar-refractivity contribution in [3.05, 3.63) is 107 Å². The van der Waals surface area contributed by atoms with E-state index in [1.54, 1.807) is 6.08 Å². The first-order valence-electron chi connectivity index (χ1n) is 11.5. The zero-order chi connectivity index (χ0) is 24.1. The van der Waals surface area contributed by atoms with E-state index in [4.69, 9.17) is 4.98 Å². The molecule has 3 aromatic carbocycles. The molecule has 0 atom stereocenters. The maximum Gasteiger partial charge on any atom is 0.197 e. The molecule has 0 N–H and O–H groups in total. The molecule has 0 amide bonds. The van der Waals surface area contributed by atoms with E-state index < -0.39 is 0 Å². The second kappa shape index (κ2) is 7.96. The number of aryl methyl sites for hydroxylation is 2. The highest BCUT2D eigenvalue weighted by Crippen LogP contribution is 2.32. The Morgan fingerprint density at radius 3 is 2.11 bits per heavy atom. The Morgan fingerprint density at radius 1 is 0.857 bits per heavy atom. The molecule has 2 aromatic heterocycles. The molecular formula is C30H21N3O2. The largest absolute Gasteiger partial charge is 0.325 e. The molecule has 0 saturated heterocycles. The van der Waals surface area contributed by atoms with Crippen molar-refractivity contribution in [3.8, 4) is 11.8 Å². The fourth-order valence-corrected chi connectivity index (χ4v) is 4.70. The van der Waals surface area contributed by atoms with E-state index >= 15 is 0 Å². The third-order valence-corrected chi connectivity index (χ3v) is 6.54. The topological polar surface area (TPSA) is 56.9 Å². The summed E-state index contributed by atoms with van der Waals surface area (Å²) in [5, 5.41) is 1.90. The highest BCUT2D eigenvalue weighted by atomic mass is 16.2. The Bertz CT molecular complexity index is 1720. The lowest BCUT2D eigenvalue weighted by molar-refractivity contribution is 0.0990. The number of allylic oxidation sites excluding steroid dienone is 1. The molecular weight excluding hydrogens is 434 g/mol. The smallest absolute Gasteiger partial charge is 0.197 e. The van der Waals surface area contributed by atoms with E-state index in [1.807, 2.05) is 95.9 Å². The molecule has 0 spiro atoms. The minimum Gasteiger partial charge on any atom is -0.325 e. The monoisotopic (exact) mass is 455 g/mol. The summed E-state index contributed by atoms with van der Waals surface area (Å²) < 4.78 is 3.95. The van der Waals surface area contributed by atoms with Crippen LogP contribution in [0.25, 0.3) is 28.0 Å². The predicted octanol–water partition coefficient (Wildman–Crippen LogP) is 5.41. The zero-order valence-corrected chi connectivity index (χ0v) is 19.4. The molecule has 168 valence electrons. The Morgan fingerprint density at radius 2 is 1.49 bits per heavy atom. The highest BCUT2D eigenvalue weighted by molar-refractivity contribution is 6.42. The average molecular weight is 456 g/mol. The summed E-state index contributed by atoms with van der Waals surface area (Å²) in [6.45, 7) is 2.66. The summed E-state index contributed by atoms with van der Waals surface area (Å²) in [5.41, 5.74) is 4.51. The molecule has 0 radical (unpaired) electrons. The van der Waals surface area contributed by atoms with Crippen LogP contribution in [0, 0.1) is 11.8 Å². The van der Waals surface area contributed by atoms with Gasteiger partial charge in [-0.1, -0.05) is 48.4 Å². The van der Waals surface area contributed by atoms with Gasteiger partial charge in [0.15, 0.2) is 23.0 Å². The van der Waals surface area contributed by atoms with Gasteiger partial charge >= 0.3 is 0 Å². The highest BCUT2D eigenvalue weighted by Gasteiger charge is 2.33. The van der Waals surface area contributed by atoms with Crippen LogP contribution >= 0.6 is 0 Å². The Hall–Kier alpha value is -4.69. The van der Waals surface area contributed by atoms with Crippen molar-refractivity contribution < 1.29 is 9.59 Å². The third kappa shape index (κ3) is 3.31. The van der Waals surface area contributed by atoms with Crippen LogP contribution in [-0.4, -0.2) is 25.7 Å². The number of benzene rings is 3. The van der Waals surface area contributed by atoms with Crippen LogP contribution in [0.2, 0.25) is 0 Å². The molecule has 5 heteroatoms. The van der Waals surface area contributed by atoms with E-state index in [-0.39, 0.29) is 17.1 Å². The number of hydrogen-bond donors (Lipinski definition) is 0. The lowest BCUT2D eigenvalue weighted by Crippen LogP contribution is -2.03. The molecule has 2 heterocycles. The number of Topliss-reactive ketones (excluding diaryl/α,β-unsaturated/α-hetero) is 2. The van der Waals surface area contributed by atoms with Gasteiger partial charge in [-0.15, -0.1) is 0 Å². The summed E-state index contributed by atoms with van der Waals surface area (Å²) >= 11 is 0. The summed E-state index contributed by atoms with van der Waals surface area (Å²) in [6.07, 6.45) is 1.70. The number of rotatable bonds is 2. The van der Waals surface area contributed by atoms with Gasteiger partial charge in [-0.25, -0.2) is 4.98 Å². The quantitative estimate of drug-likeness (QED) is 0.203. The molecule has 35 heavy (non-hydrogen) atoms. The first kappa shape index (κ1) is 20.9. The second-order valence-electron chi connectivity index (χ2n) is 8.59. The van der Waals surface area contributed by atoms with Crippen molar-refractivity contribution in [1.82, 2.24) is 14.1 Å². The first-order valence-corrected chi connectivity index (χ1v) is 11.5. The number of hydrogen-bond acceptors (Lipinski definition) is 3. The fourth-order valence-electron chi connectivity index (χ4n) is 4.70. The molecule has 0 unspecified atom stereocenters. The number of carbonyl (C=O) groups is 2. The SMILES string of the molecule is CCn1c(C=C2C(=O)c3cc4ccccc4cc3C2=O)cc2c1nc(C#Cc1ccccc1)n2C. The van der Waals surface area contributed by atoms with Gasteiger partial charge in [0.25, 0.3) is 0 Å². The summed E-state index contributed by atoms with van der Waals surface area (Å²) in [7, 11) is 1.93. The van der Waals surface area contributed by atoms with E-state index in [0.717, 1.165) is 33.2 Å². The van der Waals surface area contributed by atoms with E-state index in [1.165, 1.54) is 0 Å². The van der Waals surface area contributed by atoms with E-state index in [0.29, 0.717) is 23.5 Å². The van der Waals surface area contributed by atoms with Crippen molar-refractivity contribution in [1.29, 1.82) is 0 Å². The number of imidazole rings is 1. The second-order valence-corrected chi connectivity index (χ2v) is 8.59. The van der Waals surface area contributed by atoms with Crippen molar-refractivity contribution in [3.63, 3.8) is 0 Å². The maximum absolute atomic E-state index is 13.2. The third-order valence-electron chi connectivity index (χ3n) is 6.54. The van der Waals surface area contributed by atoms with Crippen molar-refractivity contribution in [2.24, 2.45) is 7.05 Å². The summed E-state index contributed by atoms with van der Waals surface area (Å²) in [5.74, 6) is 6.51. The van der Waals surface area contributed by atoms with Gasteiger partial charge in [-0.05, 0) is 60.0 Å². The minimum atomic E-state index is -0.231. The number of aromatic nitrogens is 3. The van der Waals surface area contributed by atoms with Crippen LogP contribution in [0.1, 0.15) is 44.7 Å². The van der Waals surface area contributed by atoms with Crippen molar-refractivity contribution in [2.75, 3.05) is 0 Å². The molecule has 5 aromatic rings. The van der Waals surface area contributed by atoms with Gasteiger partial charge in [-0.2, -0.15) is 0 Å². The van der Waals surface area contributed by atoms with Gasteiger partial charge in [0.1, 0.15) is 0 Å². The molecule has 0 saturated carbocycles. The summed E-state index contributed by atoms with van der Waals surface area (Å²) in [4.78, 5) is 31.2. The maximum atomic E-state index is 13.2. The van der Waals surface area contributed by atoms with E-state index in [9.17, 15) is 9.59 Å². The zero-order valence-electron chi connectivity index (χ0n) is 19.4. The van der Waals surface area contributed by atoms with Crippen molar-refractivity contribution in [2.45, 2.75) is 13.5 Å². The first-order chi connectivity index (χ1) is 17.0. The Balaban J connectivity index is 1.42. The fraction of sp³-hybridized carbons (Fsp3) is 0.100. The van der Waals surface area contributed by atoms with Crippen LogP contribution in [-0.2, 0) is 13.6 Å². The lowest BCUT2D eigenvalue weighted by atomic mass is 10.0. The number of ketones is 2. The van der Waals surface area contributed by atoms with Gasteiger partial charge in [0.05, 0.1) is 11.1 Å². The molecule has 1 aliphatic rings. The summed E-state index contributed by atoms with van der Waals surface area (Å²) in [6, 6.07) is 23.2. The Kier molecular flexibility index (Phi) is 4.75. The van der Waals surface area contributed by atoms with Crippen LogP contribution < -0.4 is 0 Å². The van der Waals surface area contributed by atoms with Crippen LogP contribution in [0.15, 0.2) is 78.4 Å².